The molecule has 2 heterocycles. The lowest BCUT2D eigenvalue weighted by atomic mass is 10.2. The second kappa shape index (κ2) is 8.92. The molecule has 0 aliphatic carbocycles. The molecule has 4 N–H and O–H groups in total. The summed E-state index contributed by atoms with van der Waals surface area (Å²) >= 11 is 0. The quantitative estimate of drug-likeness (QED) is 0.546. The highest BCUT2D eigenvalue weighted by molar-refractivity contribution is 5.98. The fourth-order valence-corrected chi connectivity index (χ4v) is 2.16. The number of terminal acetylenes is 1. The van der Waals surface area contributed by atoms with Crippen LogP contribution in [0.25, 0.3) is 11.3 Å². The van der Waals surface area contributed by atoms with Crippen LogP contribution in [0.3, 0.4) is 0 Å². The molecule has 8 nitrogen and oxygen atoms in total. The molecular weight excluding hydrogens is 344 g/mol. The van der Waals surface area contributed by atoms with Gasteiger partial charge in [-0.05, 0) is 25.1 Å². The minimum Gasteiger partial charge on any atom is -0.382 e. The van der Waals surface area contributed by atoms with Gasteiger partial charge < -0.3 is 16.4 Å². The highest BCUT2D eigenvalue weighted by Gasteiger charge is 2.15. The second-order valence-corrected chi connectivity index (χ2v) is 5.46. The van der Waals surface area contributed by atoms with E-state index in [0.717, 1.165) is 0 Å². The number of carbonyl (C=O) groups is 2. The van der Waals surface area contributed by atoms with Gasteiger partial charge in [-0.2, -0.15) is 0 Å². The molecule has 0 aliphatic heterocycles. The number of carbonyl (C=O) groups excluding carboxylic acids is 2. The summed E-state index contributed by atoms with van der Waals surface area (Å²) in [5.74, 6) is 1.47. The van der Waals surface area contributed by atoms with Gasteiger partial charge in [0.05, 0.1) is 17.6 Å². The van der Waals surface area contributed by atoms with Crippen LogP contribution in [0.2, 0.25) is 0 Å². The molecule has 2 aromatic heterocycles. The molecule has 0 atom stereocenters. The van der Waals surface area contributed by atoms with Crippen LogP contribution < -0.4 is 16.4 Å². The predicted octanol–water partition coefficient (Wildman–Crippen LogP) is 1.41. The lowest BCUT2D eigenvalue weighted by Gasteiger charge is -2.09. The van der Waals surface area contributed by atoms with Crippen molar-refractivity contribution in [3.05, 3.63) is 60.0 Å². The van der Waals surface area contributed by atoms with E-state index in [9.17, 15) is 9.59 Å². The Morgan fingerprint density at radius 1 is 1.26 bits per heavy atom. The third-order valence-corrected chi connectivity index (χ3v) is 3.22. The fourth-order valence-electron chi connectivity index (χ4n) is 2.16. The van der Waals surface area contributed by atoms with Crippen molar-refractivity contribution in [1.29, 1.82) is 0 Å². The number of allylic oxidation sites excluding steroid dienone is 3. The minimum absolute atomic E-state index is 0.0252. The van der Waals surface area contributed by atoms with Crippen LogP contribution in [-0.4, -0.2) is 26.8 Å². The largest absolute Gasteiger partial charge is 0.382 e. The molecule has 2 amide bonds. The molecule has 0 saturated carbocycles. The number of rotatable bonds is 5. The molecule has 0 unspecified atom stereocenters. The molecule has 27 heavy (non-hydrogen) atoms. The normalized spacial score (nSPS) is 11.4. The Morgan fingerprint density at radius 3 is 2.67 bits per heavy atom. The first-order valence-corrected chi connectivity index (χ1v) is 7.87. The van der Waals surface area contributed by atoms with Crippen molar-refractivity contribution < 1.29 is 9.59 Å². The van der Waals surface area contributed by atoms with E-state index in [0.29, 0.717) is 22.7 Å². The molecule has 0 aliphatic rings. The number of nitrogens with two attached hydrogens (primary N) is 1. The summed E-state index contributed by atoms with van der Waals surface area (Å²) in [7, 11) is 0. The number of hydrogen-bond acceptors (Lipinski definition) is 6. The Labute approximate surface area is 156 Å². The lowest BCUT2D eigenvalue weighted by Crippen LogP contribution is -2.26. The topological polar surface area (TPSA) is 123 Å². The number of aromatic nitrogens is 3. The predicted molar refractivity (Wildman–Crippen MR) is 102 cm³/mol. The van der Waals surface area contributed by atoms with E-state index in [1.54, 1.807) is 31.5 Å². The van der Waals surface area contributed by atoms with Gasteiger partial charge in [0.1, 0.15) is 0 Å². The maximum Gasteiger partial charge on any atom is 0.278 e. The molecular formula is C19H18N6O2. The number of nitrogen functional groups attached to an aromatic ring is 1. The number of hydrogen-bond donors (Lipinski definition) is 3. The van der Waals surface area contributed by atoms with Crippen LogP contribution in [0.5, 0.6) is 0 Å². The molecule has 0 radical (unpaired) electrons. The Hall–Kier alpha value is -3.99. The van der Waals surface area contributed by atoms with Crippen molar-refractivity contribution in [2.45, 2.75) is 13.8 Å². The number of pyridine rings is 1. The van der Waals surface area contributed by atoms with Crippen LogP contribution in [0, 0.1) is 12.3 Å². The van der Waals surface area contributed by atoms with Crippen LogP contribution in [0.15, 0.2) is 54.3 Å². The third kappa shape index (κ3) is 5.51. The van der Waals surface area contributed by atoms with E-state index in [-0.39, 0.29) is 17.4 Å². The summed E-state index contributed by atoms with van der Waals surface area (Å²) in [5, 5.41) is 5.20. The Bertz CT molecular complexity index is 958. The van der Waals surface area contributed by atoms with Crippen molar-refractivity contribution in [2.24, 2.45) is 0 Å². The van der Waals surface area contributed by atoms with Crippen molar-refractivity contribution in [2.75, 3.05) is 5.73 Å². The van der Waals surface area contributed by atoms with E-state index < -0.39 is 5.91 Å². The first-order valence-electron chi connectivity index (χ1n) is 7.87. The van der Waals surface area contributed by atoms with E-state index in [1.165, 1.54) is 25.3 Å². The highest BCUT2D eigenvalue weighted by atomic mass is 16.2. The Balaban J connectivity index is 2.30. The standard InChI is InChI=1S/C19H18N6O2/c1-4-6-15(9-12(2)23-13(3)26)24-19(27)17-18(20)22-11-16(25-17)14-7-5-8-21-10-14/h1,5-11H,2-3H3,(H2,20,22)(H,23,26)(H,24,27)/b12-9+,15-6+. The number of nitrogens with one attached hydrogen (secondary N) is 2. The zero-order valence-electron chi connectivity index (χ0n) is 14.9. The summed E-state index contributed by atoms with van der Waals surface area (Å²) in [6.45, 7) is 3.04. The van der Waals surface area contributed by atoms with Gasteiger partial charge in [0.2, 0.25) is 5.91 Å². The second-order valence-electron chi connectivity index (χ2n) is 5.46. The molecule has 2 rings (SSSR count). The molecule has 136 valence electrons. The summed E-state index contributed by atoms with van der Waals surface area (Å²) in [4.78, 5) is 36.0. The van der Waals surface area contributed by atoms with Crippen LogP contribution in [-0.2, 0) is 4.79 Å². The molecule has 8 heteroatoms. The van der Waals surface area contributed by atoms with Crippen molar-refractivity contribution in [3.63, 3.8) is 0 Å². The Morgan fingerprint density at radius 2 is 2.04 bits per heavy atom. The summed E-state index contributed by atoms with van der Waals surface area (Å²) in [5.41, 5.74) is 7.70. The van der Waals surface area contributed by atoms with Gasteiger partial charge in [-0.3, -0.25) is 14.6 Å². The van der Waals surface area contributed by atoms with Crippen molar-refractivity contribution in [3.8, 4) is 23.6 Å². The van der Waals surface area contributed by atoms with Gasteiger partial charge in [0.15, 0.2) is 11.5 Å². The molecule has 2 aromatic rings. The summed E-state index contributed by atoms with van der Waals surface area (Å²) < 4.78 is 0. The zero-order chi connectivity index (χ0) is 19.8. The first-order chi connectivity index (χ1) is 12.9. The molecule has 0 saturated heterocycles. The third-order valence-electron chi connectivity index (χ3n) is 3.22. The monoisotopic (exact) mass is 362 g/mol. The molecule has 0 spiro atoms. The van der Waals surface area contributed by atoms with Crippen LogP contribution >= 0.6 is 0 Å². The zero-order valence-corrected chi connectivity index (χ0v) is 14.9. The number of amides is 2. The maximum absolute atomic E-state index is 12.6. The van der Waals surface area contributed by atoms with E-state index in [2.05, 4.69) is 31.5 Å². The van der Waals surface area contributed by atoms with Gasteiger partial charge in [-0.15, -0.1) is 6.42 Å². The first kappa shape index (κ1) is 19.3. The van der Waals surface area contributed by atoms with Gasteiger partial charge in [-0.25, -0.2) is 9.97 Å². The van der Waals surface area contributed by atoms with E-state index in [1.807, 2.05) is 0 Å². The van der Waals surface area contributed by atoms with E-state index in [4.69, 9.17) is 12.2 Å². The van der Waals surface area contributed by atoms with Crippen molar-refractivity contribution in [1.82, 2.24) is 25.6 Å². The summed E-state index contributed by atoms with van der Waals surface area (Å²) in [6.07, 6.45) is 12.9. The molecule has 0 aromatic carbocycles. The SMILES string of the molecule is C#C/C=C(\C=C(/C)NC(C)=O)NC(=O)c1nc(-c2cccnc2)cnc1N. The number of nitrogens with zero attached hydrogens (tertiary/aromatic N) is 3. The van der Waals surface area contributed by atoms with Gasteiger partial charge in [-0.1, -0.05) is 5.92 Å². The highest BCUT2D eigenvalue weighted by Crippen LogP contribution is 2.17. The van der Waals surface area contributed by atoms with Crippen molar-refractivity contribution >= 4 is 17.6 Å². The lowest BCUT2D eigenvalue weighted by molar-refractivity contribution is -0.118. The van der Waals surface area contributed by atoms with Crippen LogP contribution in [0.1, 0.15) is 24.3 Å². The molecule has 0 fully saturated rings. The van der Waals surface area contributed by atoms with E-state index >= 15 is 0 Å². The smallest absolute Gasteiger partial charge is 0.278 e. The number of anilines is 1. The average Bonchev–Trinajstić information content (AvgIpc) is 2.62. The summed E-state index contributed by atoms with van der Waals surface area (Å²) in [6, 6.07) is 3.54. The minimum atomic E-state index is -0.584. The molecule has 0 bridgehead atoms. The van der Waals surface area contributed by atoms with Gasteiger partial charge in [0.25, 0.3) is 5.91 Å². The maximum atomic E-state index is 12.6. The fraction of sp³-hybridized carbons (Fsp3) is 0.105. The van der Waals surface area contributed by atoms with Gasteiger partial charge in [0, 0.05) is 36.7 Å². The van der Waals surface area contributed by atoms with Crippen LogP contribution in [0.4, 0.5) is 5.82 Å². The van der Waals surface area contributed by atoms with Gasteiger partial charge >= 0.3 is 0 Å². The average molecular weight is 362 g/mol. The Kier molecular flexibility index (Phi) is 6.39.